The van der Waals surface area contributed by atoms with Crippen LogP contribution in [-0.4, -0.2) is 15.9 Å². The van der Waals surface area contributed by atoms with E-state index in [1.807, 2.05) is 0 Å². The van der Waals surface area contributed by atoms with Crippen molar-refractivity contribution in [3.63, 3.8) is 0 Å². The Morgan fingerprint density at radius 3 is 2.54 bits per heavy atom. The number of nitrogens with zero attached hydrogens (tertiary/aromatic N) is 1. The molecule has 0 aliphatic carbocycles. The Bertz CT molecular complexity index is 1010. The van der Waals surface area contributed by atoms with Crippen molar-refractivity contribution < 1.29 is 18.0 Å². The highest BCUT2D eigenvalue weighted by Crippen LogP contribution is 2.34. The van der Waals surface area contributed by atoms with Crippen molar-refractivity contribution >= 4 is 22.6 Å². The molecule has 5 nitrogen and oxygen atoms in total. The highest BCUT2D eigenvalue weighted by atomic mass is 19.4. The molecular formula is C18H14F3N3O2. The third-order valence-electron chi connectivity index (χ3n) is 3.77. The van der Waals surface area contributed by atoms with Crippen LogP contribution >= 0.6 is 0 Å². The van der Waals surface area contributed by atoms with Gasteiger partial charge in [-0.3, -0.25) is 9.59 Å². The summed E-state index contributed by atoms with van der Waals surface area (Å²) in [6, 6.07) is 11.7. The minimum absolute atomic E-state index is 0.0141. The molecule has 0 spiro atoms. The van der Waals surface area contributed by atoms with E-state index in [1.165, 1.54) is 18.2 Å². The average molecular weight is 361 g/mol. The molecule has 0 aliphatic rings. The van der Waals surface area contributed by atoms with Crippen LogP contribution in [0, 0.1) is 0 Å². The molecule has 1 aromatic heterocycles. The molecule has 1 heterocycles. The van der Waals surface area contributed by atoms with Crippen molar-refractivity contribution in [1.29, 1.82) is 0 Å². The van der Waals surface area contributed by atoms with Gasteiger partial charge in [-0.2, -0.15) is 13.2 Å². The van der Waals surface area contributed by atoms with E-state index in [0.717, 1.165) is 6.07 Å². The van der Waals surface area contributed by atoms with Gasteiger partial charge < -0.3 is 10.3 Å². The van der Waals surface area contributed by atoms with E-state index in [2.05, 4.69) is 15.3 Å². The molecule has 134 valence electrons. The lowest BCUT2D eigenvalue weighted by atomic mass is 10.1. The monoisotopic (exact) mass is 361 g/mol. The summed E-state index contributed by atoms with van der Waals surface area (Å²) in [4.78, 5) is 30.9. The van der Waals surface area contributed by atoms with E-state index in [1.54, 1.807) is 24.3 Å². The fraction of sp³-hybridized carbons (Fsp3) is 0.167. The Kier molecular flexibility index (Phi) is 4.75. The molecule has 2 N–H and O–H groups in total. The number of aryl methyl sites for hydroxylation is 1. The fourth-order valence-corrected chi connectivity index (χ4v) is 2.52. The lowest BCUT2D eigenvalue weighted by molar-refractivity contribution is -0.137. The quantitative estimate of drug-likeness (QED) is 0.747. The second kappa shape index (κ2) is 6.99. The predicted octanol–water partition coefficient (Wildman–Crippen LogP) is 3.51. The number of nitrogens with one attached hydrogen (secondary N) is 2. The van der Waals surface area contributed by atoms with Crippen LogP contribution in [0.5, 0.6) is 0 Å². The Hall–Kier alpha value is -3.16. The lowest BCUT2D eigenvalue weighted by Crippen LogP contribution is -2.20. The average Bonchev–Trinajstić information content (AvgIpc) is 2.59. The Morgan fingerprint density at radius 1 is 1.08 bits per heavy atom. The van der Waals surface area contributed by atoms with Crippen molar-refractivity contribution in [1.82, 2.24) is 9.97 Å². The number of benzene rings is 2. The standard InChI is InChI=1S/C18H14F3N3O2/c19-18(20,21)11-5-1-2-6-12(11)23-16(25)10-9-15-17(26)24-14-8-4-3-7-13(14)22-15/h1-8H,9-10H2,(H,23,25)(H,24,26). The van der Waals surface area contributed by atoms with Crippen molar-refractivity contribution in [2.24, 2.45) is 0 Å². The number of aromatic amines is 1. The van der Waals surface area contributed by atoms with Crippen molar-refractivity contribution in [2.75, 3.05) is 5.32 Å². The molecule has 0 bridgehead atoms. The van der Waals surface area contributed by atoms with Crippen molar-refractivity contribution in [3.05, 3.63) is 70.1 Å². The largest absolute Gasteiger partial charge is 0.418 e. The molecule has 0 atom stereocenters. The Balaban J connectivity index is 1.73. The molecule has 2 aromatic carbocycles. The first-order valence-electron chi connectivity index (χ1n) is 7.78. The van der Waals surface area contributed by atoms with Crippen LogP contribution in [0.15, 0.2) is 53.3 Å². The molecule has 0 aliphatic heterocycles. The number of alkyl halides is 3. The van der Waals surface area contributed by atoms with Gasteiger partial charge in [0.05, 0.1) is 22.3 Å². The van der Waals surface area contributed by atoms with E-state index in [-0.39, 0.29) is 24.2 Å². The summed E-state index contributed by atoms with van der Waals surface area (Å²) in [7, 11) is 0. The van der Waals surface area contributed by atoms with Crippen LogP contribution in [0.4, 0.5) is 18.9 Å². The van der Waals surface area contributed by atoms with Gasteiger partial charge >= 0.3 is 6.18 Å². The van der Waals surface area contributed by atoms with E-state index >= 15 is 0 Å². The van der Waals surface area contributed by atoms with Crippen LogP contribution in [0.25, 0.3) is 11.0 Å². The third-order valence-corrected chi connectivity index (χ3v) is 3.77. The van der Waals surface area contributed by atoms with E-state index < -0.39 is 23.2 Å². The van der Waals surface area contributed by atoms with Gasteiger partial charge in [0.15, 0.2) is 0 Å². The number of rotatable bonds is 4. The number of fused-ring (bicyclic) bond motifs is 1. The normalized spacial score (nSPS) is 11.5. The first kappa shape index (κ1) is 17.7. The minimum atomic E-state index is -4.57. The van der Waals surface area contributed by atoms with Crippen LogP contribution in [0.3, 0.4) is 0 Å². The topological polar surface area (TPSA) is 74.8 Å². The number of amides is 1. The van der Waals surface area contributed by atoms with Gasteiger partial charge in [-0.25, -0.2) is 4.98 Å². The lowest BCUT2D eigenvalue weighted by Gasteiger charge is -2.13. The minimum Gasteiger partial charge on any atom is -0.325 e. The van der Waals surface area contributed by atoms with Gasteiger partial charge in [0.1, 0.15) is 5.69 Å². The number of aromatic nitrogens is 2. The molecular weight excluding hydrogens is 347 g/mol. The number of para-hydroxylation sites is 3. The second-order valence-electron chi connectivity index (χ2n) is 5.62. The zero-order valence-electron chi connectivity index (χ0n) is 13.4. The summed E-state index contributed by atoms with van der Waals surface area (Å²) in [5.74, 6) is -0.629. The number of hydrogen-bond donors (Lipinski definition) is 2. The van der Waals surface area contributed by atoms with Crippen LogP contribution in [0.1, 0.15) is 17.7 Å². The predicted molar refractivity (Wildman–Crippen MR) is 90.8 cm³/mol. The van der Waals surface area contributed by atoms with E-state index in [9.17, 15) is 22.8 Å². The molecule has 8 heteroatoms. The summed E-state index contributed by atoms with van der Waals surface area (Å²) in [6.07, 6.45) is -4.72. The summed E-state index contributed by atoms with van der Waals surface area (Å²) in [6.45, 7) is 0. The highest BCUT2D eigenvalue weighted by molar-refractivity contribution is 5.91. The molecule has 26 heavy (non-hydrogen) atoms. The zero-order chi connectivity index (χ0) is 18.7. The Labute approximate surface area is 145 Å². The van der Waals surface area contributed by atoms with E-state index in [4.69, 9.17) is 0 Å². The molecule has 0 saturated carbocycles. The zero-order valence-corrected chi connectivity index (χ0v) is 13.4. The highest BCUT2D eigenvalue weighted by Gasteiger charge is 2.33. The SMILES string of the molecule is O=C(CCc1nc2ccccc2[nH]c1=O)Nc1ccccc1C(F)(F)F. The maximum Gasteiger partial charge on any atom is 0.418 e. The molecule has 0 fully saturated rings. The van der Waals surface area contributed by atoms with Crippen LogP contribution in [-0.2, 0) is 17.4 Å². The maximum absolute atomic E-state index is 12.9. The smallest absolute Gasteiger partial charge is 0.325 e. The summed E-state index contributed by atoms with van der Waals surface area (Å²) in [5, 5.41) is 2.24. The number of H-pyrrole nitrogens is 1. The van der Waals surface area contributed by atoms with Crippen LogP contribution in [0.2, 0.25) is 0 Å². The third kappa shape index (κ3) is 3.90. The number of hydrogen-bond acceptors (Lipinski definition) is 3. The van der Waals surface area contributed by atoms with Crippen molar-refractivity contribution in [2.45, 2.75) is 19.0 Å². The number of carbonyl (C=O) groups excluding carboxylic acids is 1. The molecule has 0 saturated heterocycles. The maximum atomic E-state index is 12.9. The summed E-state index contributed by atoms with van der Waals surface area (Å²) >= 11 is 0. The first-order valence-corrected chi connectivity index (χ1v) is 7.78. The number of halogens is 3. The van der Waals surface area contributed by atoms with E-state index in [0.29, 0.717) is 11.0 Å². The summed E-state index contributed by atoms with van der Waals surface area (Å²) < 4.78 is 38.8. The second-order valence-corrected chi connectivity index (χ2v) is 5.62. The van der Waals surface area contributed by atoms with Gasteiger partial charge in [-0.15, -0.1) is 0 Å². The fourth-order valence-electron chi connectivity index (χ4n) is 2.52. The number of carbonyl (C=O) groups is 1. The van der Waals surface area contributed by atoms with Gasteiger partial charge in [-0.05, 0) is 24.3 Å². The molecule has 3 aromatic rings. The molecule has 0 unspecified atom stereocenters. The van der Waals surface area contributed by atoms with Gasteiger partial charge in [0.2, 0.25) is 5.91 Å². The number of anilines is 1. The van der Waals surface area contributed by atoms with Gasteiger partial charge in [-0.1, -0.05) is 24.3 Å². The van der Waals surface area contributed by atoms with Gasteiger partial charge in [0.25, 0.3) is 5.56 Å². The van der Waals surface area contributed by atoms with Crippen LogP contribution < -0.4 is 10.9 Å². The first-order chi connectivity index (χ1) is 12.3. The van der Waals surface area contributed by atoms with Gasteiger partial charge in [0, 0.05) is 12.8 Å². The summed E-state index contributed by atoms with van der Waals surface area (Å²) in [5.41, 5.74) is -0.356. The molecule has 0 radical (unpaired) electrons. The van der Waals surface area contributed by atoms with Crippen molar-refractivity contribution in [3.8, 4) is 0 Å². The Morgan fingerprint density at radius 2 is 1.77 bits per heavy atom. The molecule has 3 rings (SSSR count). The molecule has 1 amide bonds.